The highest BCUT2D eigenvalue weighted by molar-refractivity contribution is 7.91. The lowest BCUT2D eigenvalue weighted by molar-refractivity contribution is -0.113. The molecule has 0 spiro atoms. The number of nitrogens with zero attached hydrogens (tertiary/aromatic N) is 1. The van der Waals surface area contributed by atoms with E-state index in [0.29, 0.717) is 11.1 Å². The monoisotopic (exact) mass is 406 g/mol. The molecule has 0 atom stereocenters. The number of esters is 1. The lowest BCUT2D eigenvalue weighted by Gasteiger charge is -2.05. The van der Waals surface area contributed by atoms with Gasteiger partial charge in [-0.2, -0.15) is 5.26 Å². The zero-order valence-electron chi connectivity index (χ0n) is 14.8. The van der Waals surface area contributed by atoms with Gasteiger partial charge in [0.2, 0.25) is 5.91 Å². The average molecular weight is 406 g/mol. The zero-order chi connectivity index (χ0) is 20.0. The summed E-state index contributed by atoms with van der Waals surface area (Å²) in [6.45, 7) is 3.41. The van der Waals surface area contributed by atoms with Crippen LogP contribution in [0.5, 0.6) is 0 Å². The van der Waals surface area contributed by atoms with Crippen LogP contribution in [0, 0.1) is 18.3 Å². The van der Waals surface area contributed by atoms with Crippen LogP contribution in [0.1, 0.15) is 33.3 Å². The van der Waals surface area contributed by atoms with Crippen LogP contribution in [0.2, 0.25) is 0 Å². The van der Waals surface area contributed by atoms with E-state index >= 15 is 0 Å². The minimum Gasteiger partial charge on any atom is -0.462 e. The van der Waals surface area contributed by atoms with Crippen LogP contribution in [0.25, 0.3) is 0 Å². The molecule has 1 amide bonds. The van der Waals surface area contributed by atoms with E-state index in [0.717, 1.165) is 11.3 Å². The standard InChI is InChI=1S/C18H18N2O5S2/c1-3-25-18(22)16-12(2)14(9-19)17(26-16)20-15(21)11-27(23,24)10-13-7-5-4-6-8-13/h4-8H,3,10-11H2,1-2H3,(H,20,21). The molecule has 0 saturated heterocycles. The van der Waals surface area contributed by atoms with Crippen molar-refractivity contribution in [2.24, 2.45) is 0 Å². The summed E-state index contributed by atoms with van der Waals surface area (Å²) in [5.41, 5.74) is 1.10. The average Bonchev–Trinajstić information content (AvgIpc) is 2.90. The van der Waals surface area contributed by atoms with Gasteiger partial charge in [0.15, 0.2) is 9.84 Å². The largest absolute Gasteiger partial charge is 0.462 e. The van der Waals surface area contributed by atoms with Gasteiger partial charge in [-0.25, -0.2) is 13.2 Å². The third-order valence-corrected chi connectivity index (χ3v) is 6.22. The summed E-state index contributed by atoms with van der Waals surface area (Å²) in [6.07, 6.45) is 0. The number of thiophene rings is 1. The number of anilines is 1. The Labute approximate surface area is 161 Å². The van der Waals surface area contributed by atoms with Gasteiger partial charge < -0.3 is 10.1 Å². The van der Waals surface area contributed by atoms with E-state index in [1.165, 1.54) is 0 Å². The third kappa shape index (κ3) is 5.39. The molecule has 2 rings (SSSR count). The van der Waals surface area contributed by atoms with E-state index in [1.807, 2.05) is 6.07 Å². The first-order valence-corrected chi connectivity index (χ1v) is 10.7. The Hall–Kier alpha value is -2.70. The van der Waals surface area contributed by atoms with Crippen LogP contribution < -0.4 is 5.32 Å². The van der Waals surface area contributed by atoms with Crippen molar-refractivity contribution < 1.29 is 22.7 Å². The fourth-order valence-corrected chi connectivity index (χ4v) is 4.71. The number of hydrogen-bond donors (Lipinski definition) is 1. The molecule has 0 aliphatic heterocycles. The van der Waals surface area contributed by atoms with Gasteiger partial charge in [0, 0.05) is 0 Å². The molecule has 0 radical (unpaired) electrons. The van der Waals surface area contributed by atoms with Crippen molar-refractivity contribution in [2.75, 3.05) is 17.7 Å². The molecule has 0 fully saturated rings. The number of sulfone groups is 1. The predicted octanol–water partition coefficient (Wildman–Crippen LogP) is 2.66. The molecule has 9 heteroatoms. The fraction of sp³-hybridized carbons (Fsp3) is 0.278. The lowest BCUT2D eigenvalue weighted by Crippen LogP contribution is -2.23. The van der Waals surface area contributed by atoms with Gasteiger partial charge in [0.05, 0.1) is 17.9 Å². The lowest BCUT2D eigenvalue weighted by atomic mass is 10.2. The zero-order valence-corrected chi connectivity index (χ0v) is 16.4. The van der Waals surface area contributed by atoms with Crippen LogP contribution >= 0.6 is 11.3 Å². The second kappa shape index (κ2) is 8.79. The molecule has 0 aliphatic rings. The highest BCUT2D eigenvalue weighted by atomic mass is 32.2. The Morgan fingerprint density at radius 2 is 1.93 bits per heavy atom. The summed E-state index contributed by atoms with van der Waals surface area (Å²) in [5.74, 6) is -2.34. The molecular formula is C18H18N2O5S2. The third-order valence-electron chi connectivity index (χ3n) is 3.55. The van der Waals surface area contributed by atoms with Gasteiger partial charge in [-0.1, -0.05) is 30.3 Å². The number of nitrogens with one attached hydrogen (secondary N) is 1. The summed E-state index contributed by atoms with van der Waals surface area (Å²) < 4.78 is 29.4. The molecule has 0 aliphatic carbocycles. The summed E-state index contributed by atoms with van der Waals surface area (Å²) in [5, 5.41) is 11.9. The number of ether oxygens (including phenoxy) is 1. The molecule has 0 saturated carbocycles. The van der Waals surface area contributed by atoms with Gasteiger partial charge >= 0.3 is 5.97 Å². The van der Waals surface area contributed by atoms with Crippen molar-refractivity contribution in [1.82, 2.24) is 0 Å². The summed E-state index contributed by atoms with van der Waals surface area (Å²) in [4.78, 5) is 24.3. The fourth-order valence-electron chi connectivity index (χ4n) is 2.37. The van der Waals surface area contributed by atoms with Gasteiger partial charge in [0.25, 0.3) is 0 Å². The number of carbonyl (C=O) groups is 2. The Kier molecular flexibility index (Phi) is 6.71. The quantitative estimate of drug-likeness (QED) is 0.707. The van der Waals surface area contributed by atoms with Crippen LogP contribution in [-0.2, 0) is 25.1 Å². The molecule has 1 aromatic carbocycles. The molecule has 0 bridgehead atoms. The molecular weight excluding hydrogens is 388 g/mol. The minimum absolute atomic E-state index is 0.122. The van der Waals surface area contributed by atoms with Crippen LogP contribution in [0.4, 0.5) is 5.00 Å². The smallest absolute Gasteiger partial charge is 0.348 e. The van der Waals surface area contributed by atoms with Crippen LogP contribution in [0.3, 0.4) is 0 Å². The molecule has 2 aromatic rings. The molecule has 7 nitrogen and oxygen atoms in total. The van der Waals surface area contributed by atoms with Crippen molar-refractivity contribution in [2.45, 2.75) is 19.6 Å². The summed E-state index contributed by atoms with van der Waals surface area (Å²) in [7, 11) is -3.68. The van der Waals surface area contributed by atoms with Crippen molar-refractivity contribution in [3.05, 3.63) is 51.9 Å². The normalized spacial score (nSPS) is 10.9. The number of hydrogen-bond acceptors (Lipinski definition) is 7. The molecule has 27 heavy (non-hydrogen) atoms. The number of benzene rings is 1. The van der Waals surface area contributed by atoms with Crippen LogP contribution in [-0.4, -0.2) is 32.7 Å². The second-order valence-electron chi connectivity index (χ2n) is 5.66. The second-order valence-corrected chi connectivity index (χ2v) is 8.74. The molecule has 0 unspecified atom stereocenters. The number of rotatable bonds is 7. The SMILES string of the molecule is CCOC(=O)c1sc(NC(=O)CS(=O)(=O)Cc2ccccc2)c(C#N)c1C. The van der Waals surface area contributed by atoms with Gasteiger partial charge in [-0.05, 0) is 25.0 Å². The molecule has 1 heterocycles. The van der Waals surface area contributed by atoms with Gasteiger partial charge in [0.1, 0.15) is 21.7 Å². The Morgan fingerprint density at radius 1 is 1.26 bits per heavy atom. The first-order valence-electron chi connectivity index (χ1n) is 8.02. The number of carbonyl (C=O) groups excluding carboxylic acids is 2. The predicted molar refractivity (Wildman–Crippen MR) is 102 cm³/mol. The van der Waals surface area contributed by atoms with Crippen molar-refractivity contribution in [3.63, 3.8) is 0 Å². The molecule has 142 valence electrons. The Bertz CT molecular complexity index is 989. The van der Waals surface area contributed by atoms with Gasteiger partial charge in [-0.3, -0.25) is 4.79 Å². The van der Waals surface area contributed by atoms with E-state index in [4.69, 9.17) is 4.74 Å². The maximum absolute atomic E-state index is 12.2. The van der Waals surface area contributed by atoms with Crippen molar-refractivity contribution >= 4 is 38.1 Å². The Balaban J connectivity index is 2.14. The molecule has 1 N–H and O–H groups in total. The minimum atomic E-state index is -3.68. The highest BCUT2D eigenvalue weighted by Gasteiger charge is 2.24. The summed E-state index contributed by atoms with van der Waals surface area (Å²) in [6, 6.07) is 10.5. The van der Waals surface area contributed by atoms with Gasteiger partial charge in [-0.15, -0.1) is 11.3 Å². The van der Waals surface area contributed by atoms with E-state index in [2.05, 4.69) is 5.32 Å². The topological polar surface area (TPSA) is 113 Å². The van der Waals surface area contributed by atoms with E-state index in [1.54, 1.807) is 44.2 Å². The van der Waals surface area contributed by atoms with E-state index in [9.17, 15) is 23.3 Å². The maximum atomic E-state index is 12.2. The Morgan fingerprint density at radius 3 is 2.52 bits per heavy atom. The maximum Gasteiger partial charge on any atom is 0.348 e. The first-order chi connectivity index (χ1) is 12.8. The first kappa shape index (κ1) is 20.6. The van der Waals surface area contributed by atoms with Crippen molar-refractivity contribution in [1.29, 1.82) is 5.26 Å². The number of amides is 1. The van der Waals surface area contributed by atoms with Crippen LogP contribution in [0.15, 0.2) is 30.3 Å². The number of nitriles is 1. The molecule has 1 aromatic heterocycles. The van der Waals surface area contributed by atoms with E-state index in [-0.39, 0.29) is 27.8 Å². The van der Waals surface area contributed by atoms with E-state index < -0.39 is 27.5 Å². The summed E-state index contributed by atoms with van der Waals surface area (Å²) >= 11 is 0.893. The van der Waals surface area contributed by atoms with Crippen molar-refractivity contribution in [3.8, 4) is 6.07 Å². The highest BCUT2D eigenvalue weighted by Crippen LogP contribution is 2.33.